The quantitative estimate of drug-likeness (QED) is 0.0794. The van der Waals surface area contributed by atoms with E-state index >= 15 is 0 Å². The monoisotopic (exact) mass is 687 g/mol. The first-order valence-electron chi connectivity index (χ1n) is 16.7. The number of aliphatic hydroxyl groups is 1. The fraction of sp³-hybridized carbons (Fsp3) is 0.429. The summed E-state index contributed by atoms with van der Waals surface area (Å²) in [5.74, 6) is 2.35. The topological polar surface area (TPSA) is 206 Å². The Balaban J connectivity index is 1.53. The fourth-order valence-electron chi connectivity index (χ4n) is 5.14. The second kappa shape index (κ2) is 18.4. The Morgan fingerprint density at radius 2 is 1.48 bits per heavy atom. The van der Waals surface area contributed by atoms with Crippen LogP contribution >= 0.6 is 0 Å². The highest BCUT2D eigenvalue weighted by atomic mass is 16.5. The van der Waals surface area contributed by atoms with Crippen LogP contribution in [-0.2, 0) is 20.3 Å². The van der Waals surface area contributed by atoms with Crippen LogP contribution in [0.2, 0.25) is 0 Å². The number of pyridine rings is 1. The van der Waals surface area contributed by atoms with Gasteiger partial charge in [0.15, 0.2) is 23.1 Å². The van der Waals surface area contributed by atoms with Crippen LogP contribution < -0.4 is 36.3 Å². The van der Waals surface area contributed by atoms with Crippen molar-refractivity contribution in [3.63, 3.8) is 0 Å². The molecule has 0 unspecified atom stereocenters. The predicted molar refractivity (Wildman–Crippen MR) is 195 cm³/mol. The van der Waals surface area contributed by atoms with E-state index in [0.29, 0.717) is 34.7 Å². The number of hydrogen-bond donors (Lipinski definition) is 5. The molecule has 50 heavy (non-hydrogen) atoms. The molecule has 0 fully saturated rings. The number of anilines is 4. The molecule has 0 amide bonds. The average molecular weight is 688 g/mol. The number of aromatic nitrogens is 7. The third-order valence-electron chi connectivity index (χ3n) is 7.74. The molecule has 268 valence electrons. The second-order valence-corrected chi connectivity index (χ2v) is 11.9. The molecule has 4 aromatic rings. The molecule has 15 heteroatoms. The van der Waals surface area contributed by atoms with Gasteiger partial charge in [-0.3, -0.25) is 4.68 Å². The third kappa shape index (κ3) is 10.5. The molecule has 0 saturated heterocycles. The van der Waals surface area contributed by atoms with E-state index in [1.807, 2.05) is 52.1 Å². The lowest BCUT2D eigenvalue weighted by Crippen LogP contribution is -2.28. The molecule has 4 rings (SSSR count). The summed E-state index contributed by atoms with van der Waals surface area (Å²) >= 11 is 0. The molecule has 4 heterocycles. The van der Waals surface area contributed by atoms with E-state index in [9.17, 15) is 5.11 Å². The number of nitrogens with one attached hydrogen (secondary N) is 2. The predicted octanol–water partition coefficient (Wildman–Crippen LogP) is 4.77. The highest BCUT2D eigenvalue weighted by Crippen LogP contribution is 2.28. The lowest BCUT2D eigenvalue weighted by molar-refractivity contribution is 0.264. The van der Waals surface area contributed by atoms with E-state index < -0.39 is 0 Å². The number of allylic oxidation sites excluding steroid dienone is 2. The minimum absolute atomic E-state index is 0.0595. The molecule has 0 saturated carbocycles. The van der Waals surface area contributed by atoms with Crippen LogP contribution in [-0.4, -0.2) is 65.1 Å². The van der Waals surface area contributed by atoms with Crippen molar-refractivity contribution in [1.82, 2.24) is 34.7 Å². The molecule has 0 aliphatic carbocycles. The molecule has 0 radical (unpaired) electrons. The van der Waals surface area contributed by atoms with Gasteiger partial charge in [0.2, 0.25) is 17.8 Å². The van der Waals surface area contributed by atoms with E-state index in [0.717, 1.165) is 48.2 Å². The van der Waals surface area contributed by atoms with Gasteiger partial charge in [-0.15, -0.1) is 0 Å². The van der Waals surface area contributed by atoms with E-state index in [2.05, 4.69) is 49.2 Å². The van der Waals surface area contributed by atoms with Crippen molar-refractivity contribution >= 4 is 29.6 Å². The summed E-state index contributed by atoms with van der Waals surface area (Å²) < 4.78 is 20.4. The molecule has 0 aliphatic rings. The maximum atomic E-state index is 9.80. The SMILES string of the molecule is C=C/C=C\c1c(C)cc(COc2cnc(N)nc2N[C@H](CO)CCC)nc1OC[C@H](CCC)Nc1nc(N)ncc1OCc1cc(C)n(C)n1. The molecule has 0 aromatic carbocycles. The summed E-state index contributed by atoms with van der Waals surface area (Å²) in [6.45, 7) is 12.5. The second-order valence-electron chi connectivity index (χ2n) is 11.9. The molecule has 15 nitrogen and oxygen atoms in total. The van der Waals surface area contributed by atoms with Gasteiger partial charge in [-0.05, 0) is 50.5 Å². The number of nitrogens with zero attached hydrogens (tertiary/aromatic N) is 7. The summed E-state index contributed by atoms with van der Waals surface area (Å²) in [5.41, 5.74) is 16.0. The highest BCUT2D eigenvalue weighted by molar-refractivity contribution is 5.60. The number of rotatable bonds is 20. The Morgan fingerprint density at radius 3 is 2.04 bits per heavy atom. The summed E-state index contributed by atoms with van der Waals surface area (Å²) in [6, 6.07) is 3.52. The van der Waals surface area contributed by atoms with Crippen LogP contribution in [0.5, 0.6) is 17.4 Å². The van der Waals surface area contributed by atoms with Crippen LogP contribution in [0.15, 0.2) is 43.3 Å². The Morgan fingerprint density at radius 1 is 0.880 bits per heavy atom. The van der Waals surface area contributed by atoms with Gasteiger partial charge in [-0.25, -0.2) is 15.0 Å². The maximum Gasteiger partial charge on any atom is 0.222 e. The normalized spacial score (nSPS) is 12.4. The van der Waals surface area contributed by atoms with Gasteiger partial charge in [-0.2, -0.15) is 15.1 Å². The molecule has 4 aromatic heterocycles. The molecular weight excluding hydrogens is 638 g/mol. The number of nitrogens with two attached hydrogens (primary N) is 2. The van der Waals surface area contributed by atoms with Gasteiger partial charge >= 0.3 is 0 Å². The smallest absolute Gasteiger partial charge is 0.222 e. The molecule has 0 aliphatic heterocycles. The third-order valence-corrected chi connectivity index (χ3v) is 7.74. The van der Waals surface area contributed by atoms with Crippen molar-refractivity contribution in [3.05, 3.63) is 71.5 Å². The van der Waals surface area contributed by atoms with Crippen molar-refractivity contribution in [2.24, 2.45) is 7.05 Å². The van der Waals surface area contributed by atoms with E-state index in [4.69, 9.17) is 30.7 Å². The summed E-state index contributed by atoms with van der Waals surface area (Å²) in [5, 5.41) is 20.9. The van der Waals surface area contributed by atoms with Crippen molar-refractivity contribution < 1.29 is 19.3 Å². The molecule has 2 atom stereocenters. The first-order chi connectivity index (χ1) is 24.1. The average Bonchev–Trinajstić information content (AvgIpc) is 3.41. The zero-order valence-corrected chi connectivity index (χ0v) is 29.5. The summed E-state index contributed by atoms with van der Waals surface area (Å²) in [6.07, 6.45) is 11.8. The van der Waals surface area contributed by atoms with Crippen LogP contribution in [0.3, 0.4) is 0 Å². The summed E-state index contributed by atoms with van der Waals surface area (Å²) in [4.78, 5) is 21.8. The Kier molecular flexibility index (Phi) is 13.7. The van der Waals surface area contributed by atoms with Crippen LogP contribution in [0, 0.1) is 13.8 Å². The van der Waals surface area contributed by atoms with Gasteiger partial charge < -0.3 is 41.4 Å². The molecular formula is C35H49N11O4. The van der Waals surface area contributed by atoms with E-state index in [1.54, 1.807) is 17.0 Å². The van der Waals surface area contributed by atoms with Crippen LogP contribution in [0.1, 0.15) is 67.7 Å². The van der Waals surface area contributed by atoms with Gasteiger partial charge in [0.25, 0.3) is 0 Å². The van der Waals surface area contributed by atoms with Gasteiger partial charge in [0.05, 0.1) is 36.8 Å². The van der Waals surface area contributed by atoms with E-state index in [-0.39, 0.29) is 50.4 Å². The lowest BCUT2D eigenvalue weighted by atomic mass is 10.1. The maximum absolute atomic E-state index is 9.80. The van der Waals surface area contributed by atoms with Gasteiger partial charge in [-0.1, -0.05) is 45.4 Å². The van der Waals surface area contributed by atoms with Crippen LogP contribution in [0.4, 0.5) is 23.5 Å². The molecule has 0 bridgehead atoms. The largest absolute Gasteiger partial charge is 0.482 e. The van der Waals surface area contributed by atoms with Gasteiger partial charge in [0, 0.05) is 18.3 Å². The molecule has 0 spiro atoms. The zero-order valence-electron chi connectivity index (χ0n) is 29.5. The van der Waals surface area contributed by atoms with Crippen molar-refractivity contribution in [3.8, 4) is 17.4 Å². The summed E-state index contributed by atoms with van der Waals surface area (Å²) in [7, 11) is 1.89. The van der Waals surface area contributed by atoms with Crippen molar-refractivity contribution in [1.29, 1.82) is 0 Å². The zero-order chi connectivity index (χ0) is 36.0. The van der Waals surface area contributed by atoms with Gasteiger partial charge in [0.1, 0.15) is 25.5 Å². The minimum Gasteiger partial charge on any atom is -0.482 e. The van der Waals surface area contributed by atoms with Crippen molar-refractivity contribution in [2.45, 2.75) is 78.7 Å². The Labute approximate surface area is 293 Å². The number of aliphatic hydroxyl groups excluding tert-OH is 1. The van der Waals surface area contributed by atoms with E-state index in [1.165, 1.54) is 6.20 Å². The number of aryl methyl sites for hydroxylation is 3. The first kappa shape index (κ1) is 37.4. The molecule has 7 N–H and O–H groups in total. The minimum atomic E-state index is -0.204. The van der Waals surface area contributed by atoms with Crippen LogP contribution in [0.25, 0.3) is 6.08 Å². The standard InChI is InChI=1S/C35H49N11O4/c1-7-10-13-28-22(4)14-26(20-48-29-16-38-34(36)43-31(29)40-24(18-47)11-8-2)42-33(28)50-19-25(12-9-3)41-32-30(17-39-35(37)44-32)49-21-27-15-23(5)46(6)45-27/h7,10,13-17,24-25,47H,1,8-9,11-12,18-21H2,2-6H3,(H3,36,38,40,43)(H3,37,39,41,44)/b13-10-/t24-,25-/m0/s1. The first-order valence-corrected chi connectivity index (χ1v) is 16.7. The highest BCUT2D eigenvalue weighted by Gasteiger charge is 2.19. The lowest BCUT2D eigenvalue weighted by Gasteiger charge is -2.22. The number of nitrogen functional groups attached to an aromatic ring is 2. The Bertz CT molecular complexity index is 1720. The Hall–Kier alpha value is -5.44. The number of ether oxygens (including phenoxy) is 3. The van der Waals surface area contributed by atoms with Crippen molar-refractivity contribution in [2.75, 3.05) is 35.3 Å². The fourth-order valence-corrected chi connectivity index (χ4v) is 5.14. The number of hydrogen-bond acceptors (Lipinski definition) is 14.